The lowest BCUT2D eigenvalue weighted by atomic mass is 10.0. The van der Waals surface area contributed by atoms with Crippen LogP contribution in [-0.4, -0.2) is 96.7 Å². The summed E-state index contributed by atoms with van der Waals surface area (Å²) in [5.74, 6) is -2.12. The van der Waals surface area contributed by atoms with E-state index in [1.54, 1.807) is 0 Å². The van der Waals surface area contributed by atoms with E-state index in [4.69, 9.17) is 37.0 Å². The highest BCUT2D eigenvalue weighted by atomic mass is 31.2. The number of hydrogen-bond donors (Lipinski definition) is 3. The van der Waals surface area contributed by atoms with Crippen LogP contribution < -0.4 is 0 Å². The van der Waals surface area contributed by atoms with Crippen molar-refractivity contribution in [1.82, 2.24) is 0 Å². The molecule has 92 heavy (non-hydrogen) atoms. The molecule has 0 aliphatic heterocycles. The van der Waals surface area contributed by atoms with E-state index in [9.17, 15) is 43.2 Å². The van der Waals surface area contributed by atoms with E-state index in [2.05, 4.69) is 27.7 Å². The number of phosphoric acid groups is 2. The zero-order chi connectivity index (χ0) is 67.5. The minimum absolute atomic E-state index is 0.107. The van der Waals surface area contributed by atoms with Gasteiger partial charge in [0.25, 0.3) is 0 Å². The molecule has 0 heterocycles. The fraction of sp³-hybridized carbons (Fsp3) is 0.945. The van der Waals surface area contributed by atoms with Gasteiger partial charge in [0.2, 0.25) is 0 Å². The summed E-state index contributed by atoms with van der Waals surface area (Å²) in [6.07, 6.45) is 57.1. The average molecular weight is 1350 g/mol. The molecule has 0 bridgehead atoms. The highest BCUT2D eigenvalue weighted by Gasteiger charge is 2.30. The van der Waals surface area contributed by atoms with Gasteiger partial charge >= 0.3 is 39.5 Å². The lowest BCUT2D eigenvalue weighted by molar-refractivity contribution is -0.161. The molecular formula is C73H142O17P2. The fourth-order valence-corrected chi connectivity index (χ4v) is 12.8. The number of phosphoric ester groups is 2. The number of ether oxygens (including phenoxy) is 4. The van der Waals surface area contributed by atoms with Gasteiger partial charge in [0.1, 0.15) is 19.3 Å². The summed E-state index contributed by atoms with van der Waals surface area (Å²) in [7, 11) is -9.89. The molecule has 3 N–H and O–H groups in total. The van der Waals surface area contributed by atoms with Gasteiger partial charge in [0.15, 0.2) is 12.2 Å². The lowest BCUT2D eigenvalue weighted by Crippen LogP contribution is -2.30. The van der Waals surface area contributed by atoms with E-state index >= 15 is 0 Å². The van der Waals surface area contributed by atoms with Crippen LogP contribution >= 0.6 is 15.6 Å². The first-order chi connectivity index (χ1) is 44.7. The van der Waals surface area contributed by atoms with Crippen LogP contribution in [0.15, 0.2) is 0 Å². The maximum Gasteiger partial charge on any atom is 0.472 e. The number of aliphatic hydroxyl groups is 1. The highest BCUT2D eigenvalue weighted by molar-refractivity contribution is 7.47. The van der Waals surface area contributed by atoms with Crippen molar-refractivity contribution in [3.05, 3.63) is 0 Å². The van der Waals surface area contributed by atoms with Gasteiger partial charge in [-0.2, -0.15) is 0 Å². The van der Waals surface area contributed by atoms with Crippen molar-refractivity contribution >= 4 is 39.5 Å². The SMILES string of the molecule is CCCCCCCCCCCCCCCCCCCCCCCC(=O)O[C@H](COC(=O)CCCCCCCCCCCCCCCC)COP(=O)(O)OC[C@@H](O)COP(=O)(O)OC[C@@H](COC(=O)CCCCCCCCC)OC(=O)CCCCCCCCCCCC. The molecule has 0 spiro atoms. The zero-order valence-corrected chi connectivity index (χ0v) is 61.3. The first-order valence-electron chi connectivity index (χ1n) is 38.3. The number of hydrogen-bond acceptors (Lipinski definition) is 15. The van der Waals surface area contributed by atoms with Crippen molar-refractivity contribution in [2.24, 2.45) is 0 Å². The third kappa shape index (κ3) is 66.7. The predicted molar refractivity (Wildman–Crippen MR) is 372 cm³/mol. The summed E-state index contributed by atoms with van der Waals surface area (Å²) in [4.78, 5) is 72.5. The summed E-state index contributed by atoms with van der Waals surface area (Å²) in [5, 5.41) is 10.6. The molecule has 0 aliphatic carbocycles. The lowest BCUT2D eigenvalue weighted by Gasteiger charge is -2.21. The molecule has 0 radical (unpaired) electrons. The number of rotatable bonds is 74. The quantitative estimate of drug-likeness (QED) is 0.0222. The Kier molecular flexibility index (Phi) is 66.2. The van der Waals surface area contributed by atoms with Crippen LogP contribution in [0.4, 0.5) is 0 Å². The van der Waals surface area contributed by atoms with E-state index in [0.29, 0.717) is 25.7 Å². The Balaban J connectivity index is 5.14. The number of unbranched alkanes of at least 4 members (excludes halogenated alkanes) is 48. The summed E-state index contributed by atoms with van der Waals surface area (Å²) >= 11 is 0. The molecular weight excluding hydrogens is 1210 g/mol. The van der Waals surface area contributed by atoms with E-state index in [0.717, 1.165) is 103 Å². The number of carbonyl (C=O) groups is 4. The van der Waals surface area contributed by atoms with Crippen LogP contribution in [0.3, 0.4) is 0 Å². The second-order valence-corrected chi connectivity index (χ2v) is 29.2. The molecule has 546 valence electrons. The summed E-state index contributed by atoms with van der Waals surface area (Å²) in [6, 6.07) is 0. The highest BCUT2D eigenvalue weighted by Crippen LogP contribution is 2.45. The van der Waals surface area contributed by atoms with Crippen molar-refractivity contribution in [2.75, 3.05) is 39.6 Å². The van der Waals surface area contributed by atoms with Crippen molar-refractivity contribution in [1.29, 1.82) is 0 Å². The monoisotopic (exact) mass is 1350 g/mol. The number of carbonyl (C=O) groups excluding carboxylic acids is 4. The Morgan fingerprint density at radius 2 is 0.435 bits per heavy atom. The minimum Gasteiger partial charge on any atom is -0.462 e. The first-order valence-corrected chi connectivity index (χ1v) is 41.3. The molecule has 0 aromatic carbocycles. The Labute approximate surface area is 562 Å². The van der Waals surface area contributed by atoms with E-state index in [1.165, 1.54) is 205 Å². The normalized spacial score (nSPS) is 13.9. The number of aliphatic hydroxyl groups excluding tert-OH is 1. The topological polar surface area (TPSA) is 237 Å². The van der Waals surface area contributed by atoms with Gasteiger partial charge in [-0.05, 0) is 25.7 Å². The third-order valence-electron chi connectivity index (χ3n) is 17.1. The average Bonchev–Trinajstić information content (AvgIpc) is 2.49. The minimum atomic E-state index is -4.95. The zero-order valence-electron chi connectivity index (χ0n) is 59.5. The third-order valence-corrected chi connectivity index (χ3v) is 19.0. The molecule has 0 aromatic rings. The van der Waals surface area contributed by atoms with Crippen molar-refractivity contribution in [3.8, 4) is 0 Å². The van der Waals surface area contributed by atoms with Gasteiger partial charge in [0.05, 0.1) is 26.4 Å². The molecule has 0 rings (SSSR count). The standard InChI is InChI=1S/C73H142O17P2/c1-5-9-13-17-21-24-27-29-31-32-33-34-35-36-37-39-41-44-48-52-56-60-73(78)90-69(64-84-71(76)58-54-50-46-43-40-38-30-28-25-22-18-14-10-6-2)66-88-92(81,82)86-62-67(74)61-85-91(79,80)87-65-68(63-83-70(75)57-53-49-45-20-16-12-8-4)89-72(77)59-55-51-47-42-26-23-19-15-11-7-3/h67-69,74H,5-66H2,1-4H3,(H,79,80)(H,81,82)/t67-,68+,69+/m0/s1. The maximum atomic E-state index is 13.1. The number of esters is 4. The Bertz CT molecular complexity index is 1760. The largest absolute Gasteiger partial charge is 0.472 e. The van der Waals surface area contributed by atoms with Crippen molar-refractivity contribution in [2.45, 2.75) is 406 Å². The van der Waals surface area contributed by atoms with Crippen LogP contribution in [-0.2, 0) is 65.4 Å². The molecule has 0 amide bonds. The first kappa shape index (κ1) is 90.1. The molecule has 0 saturated carbocycles. The molecule has 0 fully saturated rings. The van der Waals surface area contributed by atoms with Crippen LogP contribution in [0.1, 0.15) is 387 Å². The van der Waals surface area contributed by atoms with Gasteiger partial charge in [-0.25, -0.2) is 9.13 Å². The molecule has 19 heteroatoms. The van der Waals surface area contributed by atoms with Crippen LogP contribution in [0.2, 0.25) is 0 Å². The molecule has 17 nitrogen and oxygen atoms in total. The summed E-state index contributed by atoms with van der Waals surface area (Å²) in [5.41, 5.74) is 0. The van der Waals surface area contributed by atoms with Crippen LogP contribution in [0, 0.1) is 0 Å². The maximum absolute atomic E-state index is 13.1. The molecule has 0 saturated heterocycles. The molecule has 0 aromatic heterocycles. The van der Waals surface area contributed by atoms with E-state index in [1.807, 2.05) is 0 Å². The Morgan fingerprint density at radius 1 is 0.261 bits per heavy atom. The molecule has 2 unspecified atom stereocenters. The molecule has 0 aliphatic rings. The van der Waals surface area contributed by atoms with E-state index in [-0.39, 0.29) is 25.7 Å². The van der Waals surface area contributed by atoms with Gasteiger partial charge in [-0.1, -0.05) is 336 Å². The van der Waals surface area contributed by atoms with Crippen LogP contribution in [0.5, 0.6) is 0 Å². The Hall–Kier alpha value is -1.94. The van der Waals surface area contributed by atoms with Crippen molar-refractivity contribution < 1.29 is 80.2 Å². The van der Waals surface area contributed by atoms with Gasteiger partial charge < -0.3 is 33.8 Å². The molecule has 5 atom stereocenters. The van der Waals surface area contributed by atoms with Gasteiger partial charge in [0, 0.05) is 25.7 Å². The van der Waals surface area contributed by atoms with Gasteiger partial charge in [-0.15, -0.1) is 0 Å². The fourth-order valence-electron chi connectivity index (χ4n) is 11.2. The van der Waals surface area contributed by atoms with Crippen molar-refractivity contribution in [3.63, 3.8) is 0 Å². The van der Waals surface area contributed by atoms with Gasteiger partial charge in [-0.3, -0.25) is 37.3 Å². The van der Waals surface area contributed by atoms with Crippen LogP contribution in [0.25, 0.3) is 0 Å². The van der Waals surface area contributed by atoms with E-state index < -0.39 is 97.5 Å². The summed E-state index contributed by atoms with van der Waals surface area (Å²) in [6.45, 7) is 4.91. The Morgan fingerprint density at radius 3 is 0.641 bits per heavy atom. The second kappa shape index (κ2) is 67.6. The predicted octanol–water partition coefficient (Wildman–Crippen LogP) is 21.4. The smallest absolute Gasteiger partial charge is 0.462 e. The second-order valence-electron chi connectivity index (χ2n) is 26.3. The summed E-state index contributed by atoms with van der Waals surface area (Å²) < 4.78 is 68.2.